The number of fused-ring (bicyclic) bond motifs is 1. The molecule has 2 aromatic rings. The fourth-order valence-corrected chi connectivity index (χ4v) is 2.90. The summed E-state index contributed by atoms with van der Waals surface area (Å²) in [5, 5.41) is 5.79. The highest BCUT2D eigenvalue weighted by Gasteiger charge is 2.30. The standard InChI is InChI=1S/C16H24FN5/c1-4-5-6-22-16-14(13(20-22)7-11(2)3)15(18-10-19-16)21-8-12(17)9-21/h10-12H,4-9H2,1-3H3. The Morgan fingerprint density at radius 3 is 2.73 bits per heavy atom. The van der Waals surface area contributed by atoms with Gasteiger partial charge in [-0.25, -0.2) is 19.0 Å². The molecule has 0 N–H and O–H groups in total. The summed E-state index contributed by atoms with van der Waals surface area (Å²) < 4.78 is 15.2. The first-order chi connectivity index (χ1) is 10.6. The van der Waals surface area contributed by atoms with Gasteiger partial charge in [0.15, 0.2) is 5.65 Å². The van der Waals surface area contributed by atoms with Crippen LogP contribution >= 0.6 is 0 Å². The van der Waals surface area contributed by atoms with Gasteiger partial charge >= 0.3 is 0 Å². The highest BCUT2D eigenvalue weighted by atomic mass is 19.1. The molecule has 0 spiro atoms. The van der Waals surface area contributed by atoms with Crippen LogP contribution in [0.3, 0.4) is 0 Å². The van der Waals surface area contributed by atoms with Crippen molar-refractivity contribution in [1.29, 1.82) is 0 Å². The molecule has 0 bridgehead atoms. The van der Waals surface area contributed by atoms with Crippen LogP contribution in [0.4, 0.5) is 10.2 Å². The second kappa shape index (κ2) is 6.18. The largest absolute Gasteiger partial charge is 0.350 e. The van der Waals surface area contributed by atoms with E-state index in [4.69, 9.17) is 5.10 Å². The van der Waals surface area contributed by atoms with E-state index in [1.807, 2.05) is 9.58 Å². The van der Waals surface area contributed by atoms with Crippen LogP contribution in [0.2, 0.25) is 0 Å². The minimum absolute atomic E-state index is 0.424. The molecular formula is C16H24FN5. The number of halogens is 1. The van der Waals surface area contributed by atoms with E-state index in [1.165, 1.54) is 0 Å². The second-order valence-corrected chi connectivity index (χ2v) is 6.52. The summed E-state index contributed by atoms with van der Waals surface area (Å²) in [5.74, 6) is 1.35. The lowest BCUT2D eigenvalue weighted by Crippen LogP contribution is -2.49. The number of aromatic nitrogens is 4. The van der Waals surface area contributed by atoms with Gasteiger partial charge in [0.1, 0.15) is 18.3 Å². The molecule has 22 heavy (non-hydrogen) atoms. The number of hydrogen-bond acceptors (Lipinski definition) is 4. The Hall–Kier alpha value is -1.72. The van der Waals surface area contributed by atoms with E-state index in [1.54, 1.807) is 6.33 Å². The summed E-state index contributed by atoms with van der Waals surface area (Å²) in [4.78, 5) is 10.9. The maximum atomic E-state index is 13.2. The number of aryl methyl sites for hydroxylation is 1. The molecule has 1 aliphatic rings. The van der Waals surface area contributed by atoms with Crippen LogP contribution in [0, 0.1) is 5.92 Å². The van der Waals surface area contributed by atoms with E-state index in [0.29, 0.717) is 19.0 Å². The molecule has 1 saturated heterocycles. The topological polar surface area (TPSA) is 46.8 Å². The fraction of sp³-hybridized carbons (Fsp3) is 0.688. The number of unbranched alkanes of at least 4 members (excludes halogenated alkanes) is 1. The van der Waals surface area contributed by atoms with Crippen LogP contribution in [0.25, 0.3) is 11.0 Å². The lowest BCUT2D eigenvalue weighted by Gasteiger charge is -2.35. The van der Waals surface area contributed by atoms with E-state index in [9.17, 15) is 4.39 Å². The van der Waals surface area contributed by atoms with E-state index >= 15 is 0 Å². The van der Waals surface area contributed by atoms with Crippen LogP contribution in [0.15, 0.2) is 6.33 Å². The van der Waals surface area contributed by atoms with Crippen molar-refractivity contribution in [2.75, 3.05) is 18.0 Å². The molecule has 0 atom stereocenters. The quantitative estimate of drug-likeness (QED) is 0.823. The summed E-state index contributed by atoms with van der Waals surface area (Å²) in [7, 11) is 0. The number of hydrogen-bond donors (Lipinski definition) is 0. The summed E-state index contributed by atoms with van der Waals surface area (Å²) >= 11 is 0. The van der Waals surface area contributed by atoms with Crippen molar-refractivity contribution in [2.45, 2.75) is 52.8 Å². The average Bonchev–Trinajstić information content (AvgIpc) is 2.79. The van der Waals surface area contributed by atoms with Crippen molar-refractivity contribution in [2.24, 2.45) is 5.92 Å². The zero-order chi connectivity index (χ0) is 15.7. The monoisotopic (exact) mass is 305 g/mol. The normalized spacial score (nSPS) is 15.8. The predicted molar refractivity (Wildman–Crippen MR) is 85.9 cm³/mol. The second-order valence-electron chi connectivity index (χ2n) is 6.52. The number of anilines is 1. The van der Waals surface area contributed by atoms with Crippen LogP contribution in [0.1, 0.15) is 39.3 Å². The Labute approximate surface area is 130 Å². The highest BCUT2D eigenvalue weighted by molar-refractivity contribution is 5.90. The Kier molecular flexibility index (Phi) is 4.27. The van der Waals surface area contributed by atoms with Crippen molar-refractivity contribution in [1.82, 2.24) is 19.7 Å². The third-order valence-corrected chi connectivity index (χ3v) is 4.04. The Morgan fingerprint density at radius 2 is 2.09 bits per heavy atom. The fourth-order valence-electron chi connectivity index (χ4n) is 2.90. The minimum atomic E-state index is -0.742. The molecule has 3 heterocycles. The SMILES string of the molecule is CCCCn1nc(CC(C)C)c2c(N3CC(F)C3)ncnc21. The molecular weight excluding hydrogens is 281 g/mol. The zero-order valence-electron chi connectivity index (χ0n) is 13.6. The third-order valence-electron chi connectivity index (χ3n) is 4.04. The van der Waals surface area contributed by atoms with Crippen molar-refractivity contribution in [3.05, 3.63) is 12.0 Å². The Bertz CT molecular complexity index is 645. The van der Waals surface area contributed by atoms with Gasteiger partial charge in [0.05, 0.1) is 24.2 Å². The first-order valence-corrected chi connectivity index (χ1v) is 8.19. The van der Waals surface area contributed by atoms with Gasteiger partial charge in [-0.2, -0.15) is 5.10 Å². The molecule has 0 radical (unpaired) electrons. The summed E-state index contributed by atoms with van der Waals surface area (Å²) in [6.07, 6.45) is 3.92. The number of rotatable bonds is 6. The maximum absolute atomic E-state index is 13.2. The number of nitrogens with zero attached hydrogens (tertiary/aromatic N) is 5. The van der Waals surface area contributed by atoms with Gasteiger partial charge in [0, 0.05) is 6.54 Å². The van der Waals surface area contributed by atoms with Crippen LogP contribution in [-0.4, -0.2) is 39.0 Å². The molecule has 1 aliphatic heterocycles. The molecule has 0 aromatic carbocycles. The molecule has 1 fully saturated rings. The van der Waals surface area contributed by atoms with E-state index in [-0.39, 0.29) is 0 Å². The van der Waals surface area contributed by atoms with Crippen molar-refractivity contribution in [3.8, 4) is 0 Å². The average molecular weight is 305 g/mol. The van der Waals surface area contributed by atoms with E-state index < -0.39 is 6.17 Å². The molecule has 120 valence electrons. The van der Waals surface area contributed by atoms with E-state index in [0.717, 1.165) is 48.4 Å². The molecule has 0 aliphatic carbocycles. The van der Waals surface area contributed by atoms with Crippen molar-refractivity contribution in [3.63, 3.8) is 0 Å². The zero-order valence-corrected chi connectivity index (χ0v) is 13.6. The van der Waals surface area contributed by atoms with Crippen LogP contribution in [-0.2, 0) is 13.0 Å². The third kappa shape index (κ3) is 2.78. The molecule has 3 rings (SSSR count). The molecule has 0 unspecified atom stereocenters. The summed E-state index contributed by atoms with van der Waals surface area (Å²) in [5.41, 5.74) is 1.93. The van der Waals surface area contributed by atoms with Gasteiger partial charge in [0.25, 0.3) is 0 Å². The van der Waals surface area contributed by atoms with Gasteiger partial charge < -0.3 is 4.90 Å². The van der Waals surface area contributed by atoms with Gasteiger partial charge in [-0.05, 0) is 18.8 Å². The Morgan fingerprint density at radius 1 is 1.32 bits per heavy atom. The van der Waals surface area contributed by atoms with Gasteiger partial charge in [-0.1, -0.05) is 27.2 Å². The first-order valence-electron chi connectivity index (χ1n) is 8.19. The molecule has 5 nitrogen and oxygen atoms in total. The van der Waals surface area contributed by atoms with Crippen molar-refractivity contribution >= 4 is 16.9 Å². The number of alkyl halides is 1. The molecule has 0 amide bonds. The maximum Gasteiger partial charge on any atom is 0.163 e. The van der Waals surface area contributed by atoms with Crippen LogP contribution < -0.4 is 4.90 Å². The van der Waals surface area contributed by atoms with E-state index in [2.05, 4.69) is 30.7 Å². The van der Waals surface area contributed by atoms with Crippen LogP contribution in [0.5, 0.6) is 0 Å². The van der Waals surface area contributed by atoms with Gasteiger partial charge in [-0.3, -0.25) is 0 Å². The lowest BCUT2D eigenvalue weighted by atomic mass is 10.1. The molecule has 0 saturated carbocycles. The first kappa shape index (κ1) is 15.2. The predicted octanol–water partition coefficient (Wildman–Crippen LogP) is 2.98. The molecule has 2 aromatic heterocycles. The lowest BCUT2D eigenvalue weighted by molar-refractivity contribution is 0.274. The summed E-state index contributed by atoms with van der Waals surface area (Å²) in [6.45, 7) is 8.25. The summed E-state index contributed by atoms with van der Waals surface area (Å²) in [6, 6.07) is 0. The van der Waals surface area contributed by atoms with Gasteiger partial charge in [0.2, 0.25) is 0 Å². The van der Waals surface area contributed by atoms with Crippen molar-refractivity contribution < 1.29 is 4.39 Å². The smallest absolute Gasteiger partial charge is 0.163 e. The molecule has 6 heteroatoms. The highest BCUT2D eigenvalue weighted by Crippen LogP contribution is 2.31. The van der Waals surface area contributed by atoms with Gasteiger partial charge in [-0.15, -0.1) is 0 Å². The minimum Gasteiger partial charge on any atom is -0.350 e. The Balaban J connectivity index is 2.05.